The van der Waals surface area contributed by atoms with Crippen LogP contribution < -0.4 is 5.32 Å². The zero-order valence-corrected chi connectivity index (χ0v) is 14.3. The number of halogens is 2. The highest BCUT2D eigenvalue weighted by Gasteiger charge is 2.13. The van der Waals surface area contributed by atoms with Crippen molar-refractivity contribution in [1.82, 2.24) is 15.5 Å². The second kappa shape index (κ2) is 6.70. The molecular formula is C15H11Cl2N3O2S. The molecule has 0 atom stereocenters. The first-order valence-electron chi connectivity index (χ1n) is 6.65. The average molecular weight is 368 g/mol. The van der Waals surface area contributed by atoms with E-state index in [1.165, 1.54) is 18.3 Å². The molecular weight excluding hydrogens is 357 g/mol. The van der Waals surface area contributed by atoms with Crippen molar-refractivity contribution < 1.29 is 9.32 Å². The number of hydrogen-bond acceptors (Lipinski definition) is 5. The molecule has 0 aliphatic heterocycles. The molecule has 8 heteroatoms. The lowest BCUT2D eigenvalue weighted by molar-refractivity contribution is -0.119. The van der Waals surface area contributed by atoms with Gasteiger partial charge in [0.2, 0.25) is 11.7 Å². The molecule has 0 bridgehead atoms. The second-order valence-corrected chi connectivity index (χ2v) is 6.71. The van der Waals surface area contributed by atoms with Gasteiger partial charge in [-0.15, -0.1) is 11.3 Å². The third-order valence-electron chi connectivity index (χ3n) is 2.99. The maximum Gasteiger partial charge on any atom is 0.258 e. The molecule has 0 unspecified atom stereocenters. The molecule has 2 aromatic heterocycles. The summed E-state index contributed by atoms with van der Waals surface area (Å²) in [6.07, 6.45) is 0. The predicted octanol–water partition coefficient (Wildman–Crippen LogP) is 4.41. The van der Waals surface area contributed by atoms with Crippen LogP contribution in [-0.4, -0.2) is 16.0 Å². The fourth-order valence-electron chi connectivity index (χ4n) is 1.87. The van der Waals surface area contributed by atoms with E-state index >= 15 is 0 Å². The number of carbonyl (C=O) groups is 1. The van der Waals surface area contributed by atoms with Crippen molar-refractivity contribution in [3.63, 3.8) is 0 Å². The van der Waals surface area contributed by atoms with Crippen molar-refractivity contribution in [3.05, 3.63) is 45.3 Å². The van der Waals surface area contributed by atoms with Crippen molar-refractivity contribution in [2.75, 3.05) is 0 Å². The van der Waals surface area contributed by atoms with E-state index in [0.717, 1.165) is 9.75 Å². The number of amides is 1. The first-order valence-corrected chi connectivity index (χ1v) is 8.23. The first-order chi connectivity index (χ1) is 11.0. The number of rotatable bonds is 4. The molecule has 2 heterocycles. The normalized spacial score (nSPS) is 10.7. The van der Waals surface area contributed by atoms with Gasteiger partial charge in [0.1, 0.15) is 0 Å². The van der Waals surface area contributed by atoms with E-state index < -0.39 is 0 Å². The zero-order valence-electron chi connectivity index (χ0n) is 12.0. The zero-order chi connectivity index (χ0) is 16.4. The Morgan fingerprint density at radius 1 is 1.26 bits per heavy atom. The van der Waals surface area contributed by atoms with Crippen molar-refractivity contribution in [1.29, 1.82) is 0 Å². The van der Waals surface area contributed by atoms with E-state index in [-0.39, 0.29) is 5.91 Å². The summed E-state index contributed by atoms with van der Waals surface area (Å²) < 4.78 is 5.28. The van der Waals surface area contributed by atoms with Crippen LogP contribution in [0.25, 0.3) is 22.2 Å². The summed E-state index contributed by atoms with van der Waals surface area (Å²) >= 11 is 13.4. The Balaban J connectivity index is 1.81. The van der Waals surface area contributed by atoms with Crippen molar-refractivity contribution in [2.24, 2.45) is 0 Å². The van der Waals surface area contributed by atoms with Crippen molar-refractivity contribution in [3.8, 4) is 22.2 Å². The lowest BCUT2D eigenvalue weighted by Crippen LogP contribution is -2.17. The van der Waals surface area contributed by atoms with Crippen LogP contribution in [0.15, 0.2) is 34.9 Å². The maximum atomic E-state index is 10.9. The van der Waals surface area contributed by atoms with Crippen molar-refractivity contribution in [2.45, 2.75) is 13.5 Å². The molecule has 0 saturated heterocycles. The van der Waals surface area contributed by atoms with Gasteiger partial charge in [-0.25, -0.2) is 0 Å². The number of benzene rings is 1. The van der Waals surface area contributed by atoms with E-state index in [1.54, 1.807) is 18.2 Å². The summed E-state index contributed by atoms with van der Waals surface area (Å²) in [4.78, 5) is 17.2. The van der Waals surface area contributed by atoms with Gasteiger partial charge in [-0.2, -0.15) is 4.98 Å². The van der Waals surface area contributed by atoms with Crippen LogP contribution in [0.4, 0.5) is 0 Å². The van der Waals surface area contributed by atoms with Gasteiger partial charge in [0, 0.05) is 17.4 Å². The van der Waals surface area contributed by atoms with E-state index in [9.17, 15) is 4.79 Å². The van der Waals surface area contributed by atoms with Gasteiger partial charge in [-0.1, -0.05) is 28.4 Å². The predicted molar refractivity (Wildman–Crippen MR) is 90.6 cm³/mol. The molecule has 1 N–H and O–H groups in total. The lowest BCUT2D eigenvalue weighted by atomic mass is 10.2. The average Bonchev–Trinajstić information content (AvgIpc) is 3.16. The summed E-state index contributed by atoms with van der Waals surface area (Å²) in [5, 5.41) is 7.63. The van der Waals surface area contributed by atoms with Gasteiger partial charge in [-0.3, -0.25) is 4.79 Å². The molecule has 3 rings (SSSR count). The van der Waals surface area contributed by atoms with Gasteiger partial charge < -0.3 is 9.84 Å². The maximum absolute atomic E-state index is 10.9. The molecule has 0 spiro atoms. The van der Waals surface area contributed by atoms with Crippen LogP contribution in [0, 0.1) is 0 Å². The number of nitrogens with one attached hydrogen (secondary N) is 1. The lowest BCUT2D eigenvalue weighted by Gasteiger charge is -1.97. The Labute approximate surface area is 146 Å². The number of hydrogen-bond donors (Lipinski definition) is 1. The van der Waals surface area contributed by atoms with Gasteiger partial charge in [-0.05, 0) is 30.3 Å². The molecule has 3 aromatic rings. The molecule has 5 nitrogen and oxygen atoms in total. The van der Waals surface area contributed by atoms with Crippen LogP contribution in [-0.2, 0) is 11.3 Å². The molecule has 1 amide bonds. The van der Waals surface area contributed by atoms with E-state index in [2.05, 4.69) is 15.5 Å². The van der Waals surface area contributed by atoms with Crippen molar-refractivity contribution >= 4 is 40.4 Å². The Bertz CT molecular complexity index is 860. The van der Waals surface area contributed by atoms with Gasteiger partial charge in [0.05, 0.1) is 21.5 Å². The molecule has 0 fully saturated rings. The minimum absolute atomic E-state index is 0.0681. The largest absolute Gasteiger partial charge is 0.351 e. The highest BCUT2D eigenvalue weighted by Crippen LogP contribution is 2.30. The Kier molecular flexibility index (Phi) is 4.66. The molecule has 0 aliphatic rings. The fraction of sp³-hybridized carbons (Fsp3) is 0.133. The first kappa shape index (κ1) is 16.0. The van der Waals surface area contributed by atoms with Gasteiger partial charge in [0.15, 0.2) is 0 Å². The fourth-order valence-corrected chi connectivity index (χ4v) is 3.05. The summed E-state index contributed by atoms with van der Waals surface area (Å²) in [5.41, 5.74) is 0.702. The van der Waals surface area contributed by atoms with Crippen LogP contribution >= 0.6 is 34.5 Å². The standard InChI is InChI=1S/C15H11Cl2N3O2S/c1-8(21)18-7-10-3-5-13(23-10)14-19-15(22-20-14)9-2-4-11(16)12(17)6-9/h2-6H,7H2,1H3,(H,18,21). The highest BCUT2D eigenvalue weighted by atomic mass is 35.5. The summed E-state index contributed by atoms with van der Waals surface area (Å²) in [5.74, 6) is 0.793. The molecule has 0 saturated carbocycles. The molecule has 23 heavy (non-hydrogen) atoms. The quantitative estimate of drug-likeness (QED) is 0.741. The minimum atomic E-state index is -0.0681. The number of nitrogens with zero attached hydrogens (tertiary/aromatic N) is 2. The summed E-state index contributed by atoms with van der Waals surface area (Å²) in [6, 6.07) is 8.94. The van der Waals surface area contributed by atoms with Crippen LogP contribution in [0.5, 0.6) is 0 Å². The highest BCUT2D eigenvalue weighted by molar-refractivity contribution is 7.15. The molecule has 0 aliphatic carbocycles. The molecule has 0 radical (unpaired) electrons. The van der Waals surface area contributed by atoms with Gasteiger partial charge >= 0.3 is 0 Å². The molecule has 1 aromatic carbocycles. The van der Waals surface area contributed by atoms with Crippen LogP contribution in [0.3, 0.4) is 0 Å². The Morgan fingerprint density at radius 2 is 2.09 bits per heavy atom. The second-order valence-electron chi connectivity index (χ2n) is 4.73. The molecule has 118 valence electrons. The van der Waals surface area contributed by atoms with Crippen LogP contribution in [0.2, 0.25) is 10.0 Å². The number of carbonyl (C=O) groups excluding carboxylic acids is 1. The third-order valence-corrected chi connectivity index (χ3v) is 4.81. The SMILES string of the molecule is CC(=O)NCc1ccc(-c2noc(-c3ccc(Cl)c(Cl)c3)n2)s1. The number of aromatic nitrogens is 2. The monoisotopic (exact) mass is 367 g/mol. The Hall–Kier alpha value is -1.89. The third kappa shape index (κ3) is 3.72. The summed E-state index contributed by atoms with van der Waals surface area (Å²) in [6.45, 7) is 1.97. The van der Waals surface area contributed by atoms with E-state index in [1.807, 2.05) is 12.1 Å². The van der Waals surface area contributed by atoms with Crippen LogP contribution in [0.1, 0.15) is 11.8 Å². The Morgan fingerprint density at radius 3 is 2.83 bits per heavy atom. The topological polar surface area (TPSA) is 68.0 Å². The number of thiophene rings is 1. The van der Waals surface area contributed by atoms with Gasteiger partial charge in [0.25, 0.3) is 5.89 Å². The minimum Gasteiger partial charge on any atom is -0.351 e. The summed E-state index contributed by atoms with van der Waals surface area (Å²) in [7, 11) is 0. The smallest absolute Gasteiger partial charge is 0.258 e. The van der Waals surface area contributed by atoms with E-state index in [4.69, 9.17) is 27.7 Å². The van der Waals surface area contributed by atoms with E-state index in [0.29, 0.717) is 33.9 Å².